The molecule has 6 nitrogen and oxygen atoms in total. The molecule has 0 radical (unpaired) electrons. The molecular weight excluding hydrogens is 252 g/mol. The number of aromatic nitrogens is 4. The van der Waals surface area contributed by atoms with Crippen molar-refractivity contribution >= 4 is 5.82 Å². The summed E-state index contributed by atoms with van der Waals surface area (Å²) in [6.45, 7) is 7.86. The zero-order valence-corrected chi connectivity index (χ0v) is 12.0. The van der Waals surface area contributed by atoms with Gasteiger partial charge in [0.25, 0.3) is 0 Å². The highest BCUT2D eigenvalue weighted by atomic mass is 15.3. The molecule has 3 rings (SSSR count). The van der Waals surface area contributed by atoms with Gasteiger partial charge in [0.2, 0.25) is 0 Å². The molecule has 0 aromatic carbocycles. The first kappa shape index (κ1) is 13.1. The van der Waals surface area contributed by atoms with Crippen molar-refractivity contribution in [3.63, 3.8) is 0 Å². The molecule has 2 aromatic rings. The standard InChI is InChI=1S/C14H20N6/c1-3-15-11(2)12-5-4-6-16-14(12)19-7-8-20-10-17-18-13(20)9-19/h4-6,10-11,15H,3,7-9H2,1-2H3. The van der Waals surface area contributed by atoms with Crippen LogP contribution in [0.25, 0.3) is 0 Å². The summed E-state index contributed by atoms with van der Waals surface area (Å²) < 4.78 is 2.10. The number of hydrogen-bond donors (Lipinski definition) is 1. The third-order valence-corrected chi connectivity index (χ3v) is 3.73. The first-order chi connectivity index (χ1) is 9.79. The Kier molecular flexibility index (Phi) is 3.64. The third kappa shape index (κ3) is 2.38. The van der Waals surface area contributed by atoms with Crippen molar-refractivity contribution in [3.05, 3.63) is 36.0 Å². The molecule has 1 aliphatic rings. The fourth-order valence-corrected chi connectivity index (χ4v) is 2.67. The maximum atomic E-state index is 4.59. The predicted molar refractivity (Wildman–Crippen MR) is 77.4 cm³/mol. The molecule has 0 spiro atoms. The van der Waals surface area contributed by atoms with E-state index in [1.54, 1.807) is 6.33 Å². The summed E-state index contributed by atoms with van der Waals surface area (Å²) in [5.41, 5.74) is 1.24. The first-order valence-corrected chi connectivity index (χ1v) is 7.09. The molecule has 1 N–H and O–H groups in total. The summed E-state index contributed by atoms with van der Waals surface area (Å²) in [4.78, 5) is 6.88. The van der Waals surface area contributed by atoms with Crippen molar-refractivity contribution in [2.75, 3.05) is 18.0 Å². The average molecular weight is 272 g/mol. The maximum absolute atomic E-state index is 4.59. The summed E-state index contributed by atoms with van der Waals surface area (Å²) >= 11 is 0. The van der Waals surface area contributed by atoms with Gasteiger partial charge in [-0.05, 0) is 19.5 Å². The number of pyridine rings is 1. The Hall–Kier alpha value is -1.95. The first-order valence-electron chi connectivity index (χ1n) is 7.09. The van der Waals surface area contributed by atoms with E-state index in [1.165, 1.54) is 5.56 Å². The minimum Gasteiger partial charge on any atom is -0.347 e. The molecule has 0 saturated carbocycles. The monoisotopic (exact) mass is 272 g/mol. The minimum atomic E-state index is 0.295. The number of nitrogens with zero attached hydrogens (tertiary/aromatic N) is 5. The molecule has 2 aromatic heterocycles. The lowest BCUT2D eigenvalue weighted by atomic mass is 10.1. The Bertz CT molecular complexity index is 579. The molecule has 1 aliphatic heterocycles. The normalized spacial score (nSPS) is 16.0. The van der Waals surface area contributed by atoms with E-state index in [0.717, 1.165) is 37.8 Å². The summed E-state index contributed by atoms with van der Waals surface area (Å²) in [7, 11) is 0. The Morgan fingerprint density at radius 2 is 2.30 bits per heavy atom. The topological polar surface area (TPSA) is 58.9 Å². The van der Waals surface area contributed by atoms with Crippen LogP contribution in [-0.4, -0.2) is 32.8 Å². The number of hydrogen-bond acceptors (Lipinski definition) is 5. The van der Waals surface area contributed by atoms with Crippen LogP contribution in [0.15, 0.2) is 24.7 Å². The zero-order valence-electron chi connectivity index (χ0n) is 12.0. The number of nitrogens with one attached hydrogen (secondary N) is 1. The van der Waals surface area contributed by atoms with Gasteiger partial charge in [-0.2, -0.15) is 0 Å². The SMILES string of the molecule is CCNC(C)c1cccnc1N1CCn2cnnc2C1. The Balaban J connectivity index is 1.88. The average Bonchev–Trinajstić information content (AvgIpc) is 2.95. The summed E-state index contributed by atoms with van der Waals surface area (Å²) in [6.07, 6.45) is 3.66. The van der Waals surface area contributed by atoms with Crippen LogP contribution in [0.2, 0.25) is 0 Å². The van der Waals surface area contributed by atoms with E-state index >= 15 is 0 Å². The van der Waals surface area contributed by atoms with E-state index in [4.69, 9.17) is 0 Å². The van der Waals surface area contributed by atoms with E-state index in [9.17, 15) is 0 Å². The highest BCUT2D eigenvalue weighted by Gasteiger charge is 2.22. The van der Waals surface area contributed by atoms with Crippen LogP contribution >= 0.6 is 0 Å². The smallest absolute Gasteiger partial charge is 0.152 e. The van der Waals surface area contributed by atoms with Gasteiger partial charge in [-0.3, -0.25) is 0 Å². The molecule has 0 saturated heterocycles. The van der Waals surface area contributed by atoms with Crippen molar-refractivity contribution < 1.29 is 0 Å². The molecule has 6 heteroatoms. The summed E-state index contributed by atoms with van der Waals surface area (Å²) in [5.74, 6) is 2.05. The highest BCUT2D eigenvalue weighted by Crippen LogP contribution is 2.26. The second-order valence-electron chi connectivity index (χ2n) is 5.06. The van der Waals surface area contributed by atoms with Gasteiger partial charge in [0.15, 0.2) is 5.82 Å². The molecule has 20 heavy (non-hydrogen) atoms. The van der Waals surface area contributed by atoms with Gasteiger partial charge in [0, 0.05) is 30.9 Å². The number of rotatable bonds is 4. The van der Waals surface area contributed by atoms with Crippen LogP contribution in [0.4, 0.5) is 5.82 Å². The summed E-state index contributed by atoms with van der Waals surface area (Å²) in [5, 5.41) is 11.6. The van der Waals surface area contributed by atoms with Crippen LogP contribution < -0.4 is 10.2 Å². The molecule has 106 valence electrons. The molecule has 3 heterocycles. The van der Waals surface area contributed by atoms with Crippen LogP contribution in [-0.2, 0) is 13.1 Å². The van der Waals surface area contributed by atoms with Crippen molar-refractivity contribution in [1.29, 1.82) is 0 Å². The van der Waals surface area contributed by atoms with Crippen molar-refractivity contribution in [2.24, 2.45) is 0 Å². The predicted octanol–water partition coefficient (Wildman–Crippen LogP) is 1.36. The zero-order chi connectivity index (χ0) is 13.9. The van der Waals surface area contributed by atoms with Gasteiger partial charge in [0.1, 0.15) is 12.1 Å². The van der Waals surface area contributed by atoms with Gasteiger partial charge in [-0.15, -0.1) is 10.2 Å². The Morgan fingerprint density at radius 1 is 1.40 bits per heavy atom. The van der Waals surface area contributed by atoms with Crippen LogP contribution in [0.5, 0.6) is 0 Å². The van der Waals surface area contributed by atoms with Gasteiger partial charge in [0.05, 0.1) is 6.54 Å². The lowest BCUT2D eigenvalue weighted by molar-refractivity contribution is 0.545. The number of anilines is 1. The van der Waals surface area contributed by atoms with Crippen LogP contribution in [0.1, 0.15) is 31.3 Å². The van der Waals surface area contributed by atoms with Crippen LogP contribution in [0.3, 0.4) is 0 Å². The van der Waals surface area contributed by atoms with Crippen LogP contribution in [0, 0.1) is 0 Å². The van der Waals surface area contributed by atoms with E-state index < -0.39 is 0 Å². The third-order valence-electron chi connectivity index (χ3n) is 3.73. The highest BCUT2D eigenvalue weighted by molar-refractivity contribution is 5.48. The quantitative estimate of drug-likeness (QED) is 0.911. The van der Waals surface area contributed by atoms with E-state index in [1.807, 2.05) is 12.3 Å². The number of fused-ring (bicyclic) bond motifs is 1. The molecule has 0 fully saturated rings. The maximum Gasteiger partial charge on any atom is 0.152 e. The largest absolute Gasteiger partial charge is 0.347 e. The summed E-state index contributed by atoms with van der Waals surface area (Å²) in [6, 6.07) is 4.44. The Morgan fingerprint density at radius 3 is 3.15 bits per heavy atom. The van der Waals surface area contributed by atoms with Gasteiger partial charge >= 0.3 is 0 Å². The lowest BCUT2D eigenvalue weighted by Gasteiger charge is -2.30. The molecule has 0 amide bonds. The fourth-order valence-electron chi connectivity index (χ4n) is 2.67. The molecule has 1 atom stereocenters. The fraction of sp³-hybridized carbons (Fsp3) is 0.500. The van der Waals surface area contributed by atoms with Gasteiger partial charge in [-0.25, -0.2) is 4.98 Å². The van der Waals surface area contributed by atoms with Crippen molar-refractivity contribution in [3.8, 4) is 0 Å². The molecule has 0 aliphatic carbocycles. The van der Waals surface area contributed by atoms with E-state index in [2.05, 4.69) is 49.9 Å². The van der Waals surface area contributed by atoms with Gasteiger partial charge in [-0.1, -0.05) is 13.0 Å². The van der Waals surface area contributed by atoms with Crippen molar-refractivity contribution in [2.45, 2.75) is 33.0 Å². The van der Waals surface area contributed by atoms with Gasteiger partial charge < -0.3 is 14.8 Å². The Labute approximate surface area is 118 Å². The second kappa shape index (κ2) is 5.58. The molecule has 0 bridgehead atoms. The minimum absolute atomic E-state index is 0.295. The van der Waals surface area contributed by atoms with E-state index in [-0.39, 0.29) is 0 Å². The van der Waals surface area contributed by atoms with E-state index in [0.29, 0.717) is 6.04 Å². The second-order valence-corrected chi connectivity index (χ2v) is 5.06. The molecule has 1 unspecified atom stereocenters. The van der Waals surface area contributed by atoms with Crippen molar-refractivity contribution in [1.82, 2.24) is 25.1 Å². The lowest BCUT2D eigenvalue weighted by Crippen LogP contribution is -2.35. The molecular formula is C14H20N6.